The molecule has 2 N–H and O–H groups in total. The molecule has 2 fully saturated rings. The van der Waals surface area contributed by atoms with E-state index in [1.165, 1.54) is 38.5 Å². The first kappa shape index (κ1) is 10.4. The van der Waals surface area contributed by atoms with E-state index in [9.17, 15) is 0 Å². The quantitative estimate of drug-likeness (QED) is 0.672. The standard InChI is InChI=1S/C11H21NO2/c13-7-10(12-9-5-6-9)8-14-11-3-1-2-4-11/h9-13H,1-8H2. The summed E-state index contributed by atoms with van der Waals surface area (Å²) in [4.78, 5) is 0. The lowest BCUT2D eigenvalue weighted by Gasteiger charge is -2.18. The van der Waals surface area contributed by atoms with Gasteiger partial charge in [0.1, 0.15) is 0 Å². The van der Waals surface area contributed by atoms with Crippen molar-refractivity contribution >= 4 is 0 Å². The van der Waals surface area contributed by atoms with Crippen LogP contribution >= 0.6 is 0 Å². The molecule has 0 aliphatic heterocycles. The van der Waals surface area contributed by atoms with E-state index >= 15 is 0 Å². The number of nitrogens with one attached hydrogen (secondary N) is 1. The average molecular weight is 199 g/mol. The second-order valence-corrected chi connectivity index (χ2v) is 4.56. The van der Waals surface area contributed by atoms with Gasteiger partial charge in [0.2, 0.25) is 0 Å². The van der Waals surface area contributed by atoms with Gasteiger partial charge in [0.15, 0.2) is 0 Å². The molecule has 0 aromatic rings. The number of hydrogen-bond donors (Lipinski definition) is 2. The Morgan fingerprint density at radius 2 is 1.93 bits per heavy atom. The third-order valence-electron chi connectivity index (χ3n) is 3.10. The molecule has 3 nitrogen and oxygen atoms in total. The van der Waals surface area contributed by atoms with Crippen LogP contribution < -0.4 is 5.32 Å². The Hall–Kier alpha value is -0.120. The highest BCUT2D eigenvalue weighted by Crippen LogP contribution is 2.22. The van der Waals surface area contributed by atoms with Crippen LogP contribution in [0.2, 0.25) is 0 Å². The van der Waals surface area contributed by atoms with Crippen LogP contribution in [-0.2, 0) is 4.74 Å². The molecule has 0 radical (unpaired) electrons. The van der Waals surface area contributed by atoms with E-state index < -0.39 is 0 Å². The van der Waals surface area contributed by atoms with Gasteiger partial charge in [-0.05, 0) is 25.7 Å². The number of aliphatic hydroxyl groups excluding tert-OH is 1. The van der Waals surface area contributed by atoms with Gasteiger partial charge in [-0.2, -0.15) is 0 Å². The van der Waals surface area contributed by atoms with Crippen molar-refractivity contribution in [2.45, 2.75) is 56.7 Å². The van der Waals surface area contributed by atoms with E-state index in [0.717, 1.165) is 0 Å². The molecule has 0 bridgehead atoms. The number of hydrogen-bond acceptors (Lipinski definition) is 3. The van der Waals surface area contributed by atoms with E-state index in [2.05, 4.69) is 5.32 Å². The monoisotopic (exact) mass is 199 g/mol. The molecule has 82 valence electrons. The summed E-state index contributed by atoms with van der Waals surface area (Å²) in [5.74, 6) is 0. The van der Waals surface area contributed by atoms with Crippen molar-refractivity contribution in [1.29, 1.82) is 0 Å². The van der Waals surface area contributed by atoms with Gasteiger partial charge in [-0.15, -0.1) is 0 Å². The van der Waals surface area contributed by atoms with E-state index in [-0.39, 0.29) is 12.6 Å². The second kappa shape index (κ2) is 5.10. The Morgan fingerprint density at radius 1 is 1.21 bits per heavy atom. The summed E-state index contributed by atoms with van der Waals surface area (Å²) in [5, 5.41) is 12.5. The van der Waals surface area contributed by atoms with Gasteiger partial charge in [-0.25, -0.2) is 0 Å². The first-order chi connectivity index (χ1) is 6.88. The first-order valence-electron chi connectivity index (χ1n) is 5.87. The molecular weight excluding hydrogens is 178 g/mol. The number of rotatable bonds is 6. The molecule has 2 saturated carbocycles. The second-order valence-electron chi connectivity index (χ2n) is 4.56. The molecule has 2 aliphatic rings. The lowest BCUT2D eigenvalue weighted by atomic mass is 10.3. The zero-order valence-corrected chi connectivity index (χ0v) is 8.74. The van der Waals surface area contributed by atoms with Gasteiger partial charge < -0.3 is 15.2 Å². The predicted octanol–water partition coefficient (Wildman–Crippen LogP) is 1.06. The molecule has 0 heterocycles. The highest BCUT2D eigenvalue weighted by atomic mass is 16.5. The summed E-state index contributed by atoms with van der Waals surface area (Å²) in [6.07, 6.45) is 8.03. The van der Waals surface area contributed by atoms with Crippen LogP contribution in [0, 0.1) is 0 Å². The number of aliphatic hydroxyl groups is 1. The topological polar surface area (TPSA) is 41.5 Å². The maximum absolute atomic E-state index is 9.13. The van der Waals surface area contributed by atoms with Gasteiger partial charge >= 0.3 is 0 Å². The van der Waals surface area contributed by atoms with E-state index in [1.54, 1.807) is 0 Å². The smallest absolute Gasteiger partial charge is 0.0645 e. The maximum Gasteiger partial charge on any atom is 0.0645 e. The molecule has 0 saturated heterocycles. The fourth-order valence-corrected chi connectivity index (χ4v) is 2.04. The summed E-state index contributed by atoms with van der Waals surface area (Å²) < 4.78 is 5.76. The van der Waals surface area contributed by atoms with Crippen molar-refractivity contribution in [2.75, 3.05) is 13.2 Å². The molecule has 2 aliphatic carbocycles. The summed E-state index contributed by atoms with van der Waals surface area (Å²) in [6.45, 7) is 0.876. The Morgan fingerprint density at radius 3 is 2.50 bits per heavy atom. The fraction of sp³-hybridized carbons (Fsp3) is 1.00. The van der Waals surface area contributed by atoms with Crippen LogP contribution in [0.15, 0.2) is 0 Å². The zero-order chi connectivity index (χ0) is 9.80. The van der Waals surface area contributed by atoms with E-state index in [0.29, 0.717) is 18.8 Å². The van der Waals surface area contributed by atoms with Gasteiger partial charge in [0, 0.05) is 6.04 Å². The van der Waals surface area contributed by atoms with Crippen molar-refractivity contribution in [3.8, 4) is 0 Å². The molecule has 0 aromatic carbocycles. The largest absolute Gasteiger partial charge is 0.395 e. The van der Waals surface area contributed by atoms with Crippen LogP contribution in [0.25, 0.3) is 0 Å². The third-order valence-corrected chi connectivity index (χ3v) is 3.10. The lowest BCUT2D eigenvalue weighted by molar-refractivity contribution is 0.0307. The van der Waals surface area contributed by atoms with Crippen LogP contribution in [0.3, 0.4) is 0 Å². The fourth-order valence-electron chi connectivity index (χ4n) is 2.04. The molecule has 0 amide bonds. The highest BCUT2D eigenvalue weighted by Gasteiger charge is 2.25. The molecule has 1 atom stereocenters. The SMILES string of the molecule is OCC(COC1CCCC1)NC1CC1. The summed E-state index contributed by atoms with van der Waals surface area (Å²) in [7, 11) is 0. The molecule has 2 rings (SSSR count). The molecule has 14 heavy (non-hydrogen) atoms. The minimum Gasteiger partial charge on any atom is -0.395 e. The highest BCUT2D eigenvalue weighted by molar-refractivity contribution is 4.84. The summed E-state index contributed by atoms with van der Waals surface area (Å²) in [6, 6.07) is 0.808. The Labute approximate surface area is 85.8 Å². The van der Waals surface area contributed by atoms with Crippen LogP contribution in [0.4, 0.5) is 0 Å². The first-order valence-corrected chi connectivity index (χ1v) is 5.87. The third kappa shape index (κ3) is 3.23. The van der Waals surface area contributed by atoms with Crippen LogP contribution in [0.1, 0.15) is 38.5 Å². The van der Waals surface area contributed by atoms with Crippen molar-refractivity contribution in [2.24, 2.45) is 0 Å². The van der Waals surface area contributed by atoms with Crippen LogP contribution in [0.5, 0.6) is 0 Å². The Bertz CT molecular complexity index is 165. The van der Waals surface area contributed by atoms with Crippen molar-refractivity contribution in [1.82, 2.24) is 5.32 Å². The minimum atomic E-state index is 0.156. The Kier molecular flexibility index (Phi) is 3.79. The number of ether oxygens (including phenoxy) is 1. The summed E-state index contributed by atoms with van der Waals surface area (Å²) in [5.41, 5.74) is 0. The Balaban J connectivity index is 1.60. The van der Waals surface area contributed by atoms with Crippen molar-refractivity contribution in [3.63, 3.8) is 0 Å². The lowest BCUT2D eigenvalue weighted by Crippen LogP contribution is -2.39. The van der Waals surface area contributed by atoms with Gasteiger partial charge in [-0.3, -0.25) is 0 Å². The van der Waals surface area contributed by atoms with Gasteiger partial charge in [0.25, 0.3) is 0 Å². The molecule has 0 aromatic heterocycles. The van der Waals surface area contributed by atoms with Crippen LogP contribution in [-0.4, -0.2) is 36.5 Å². The van der Waals surface area contributed by atoms with Gasteiger partial charge in [-0.1, -0.05) is 12.8 Å². The van der Waals surface area contributed by atoms with E-state index in [4.69, 9.17) is 9.84 Å². The summed E-state index contributed by atoms with van der Waals surface area (Å²) >= 11 is 0. The molecule has 3 heteroatoms. The average Bonchev–Trinajstić information content (AvgIpc) is 2.86. The minimum absolute atomic E-state index is 0.156. The molecular formula is C11H21NO2. The van der Waals surface area contributed by atoms with Gasteiger partial charge in [0.05, 0.1) is 25.4 Å². The molecule has 1 unspecified atom stereocenters. The van der Waals surface area contributed by atoms with E-state index in [1.807, 2.05) is 0 Å². The predicted molar refractivity (Wildman–Crippen MR) is 55.2 cm³/mol. The van der Waals surface area contributed by atoms with Crippen molar-refractivity contribution in [3.05, 3.63) is 0 Å². The maximum atomic E-state index is 9.13. The normalized spacial score (nSPS) is 25.5. The van der Waals surface area contributed by atoms with Crippen molar-refractivity contribution < 1.29 is 9.84 Å². The molecule has 0 spiro atoms. The zero-order valence-electron chi connectivity index (χ0n) is 8.74.